The van der Waals surface area contributed by atoms with Crippen LogP contribution >= 0.6 is 12.4 Å². The zero-order valence-electron chi connectivity index (χ0n) is 16.8. The fourth-order valence-corrected chi connectivity index (χ4v) is 3.33. The van der Waals surface area contributed by atoms with Gasteiger partial charge >= 0.3 is 0 Å². The van der Waals surface area contributed by atoms with Crippen LogP contribution in [0.15, 0.2) is 48.8 Å². The molecule has 4 rings (SSSR count). The molecule has 1 aliphatic heterocycles. The number of anilines is 1. The number of halogens is 4. The van der Waals surface area contributed by atoms with E-state index in [4.69, 9.17) is 4.74 Å². The Morgan fingerprint density at radius 3 is 2.47 bits per heavy atom. The zero-order chi connectivity index (χ0) is 21.8. The quantitative estimate of drug-likeness (QED) is 0.586. The monoisotopic (exact) mass is 464 g/mol. The van der Waals surface area contributed by atoms with Crippen LogP contribution < -0.4 is 15.4 Å². The molecule has 1 fully saturated rings. The number of hydrogen-bond acceptors (Lipinski definition) is 5. The Bertz CT molecular complexity index is 1090. The molecule has 0 saturated carbocycles. The smallest absolute Gasteiger partial charge is 0.274 e. The van der Waals surface area contributed by atoms with Crippen LogP contribution in [0.25, 0.3) is 11.3 Å². The van der Waals surface area contributed by atoms with Gasteiger partial charge in [0.1, 0.15) is 46.4 Å². The summed E-state index contributed by atoms with van der Waals surface area (Å²) in [5, 5.41) is 5.87. The van der Waals surface area contributed by atoms with E-state index in [9.17, 15) is 18.0 Å². The molecule has 10 heteroatoms. The van der Waals surface area contributed by atoms with Crippen molar-refractivity contribution in [3.63, 3.8) is 0 Å². The van der Waals surface area contributed by atoms with E-state index < -0.39 is 34.6 Å². The number of ether oxygens (including phenoxy) is 1. The highest BCUT2D eigenvalue weighted by atomic mass is 35.5. The molecular weight excluding hydrogens is 445 g/mol. The van der Waals surface area contributed by atoms with Crippen molar-refractivity contribution in [2.24, 2.45) is 0 Å². The Kier molecular flexibility index (Phi) is 7.66. The summed E-state index contributed by atoms with van der Waals surface area (Å²) in [6.07, 6.45) is 4.62. The molecule has 3 heterocycles. The van der Waals surface area contributed by atoms with Crippen molar-refractivity contribution in [2.45, 2.75) is 18.9 Å². The molecule has 0 atom stereocenters. The number of amides is 1. The van der Waals surface area contributed by atoms with Crippen LogP contribution in [0, 0.1) is 17.5 Å². The third-order valence-electron chi connectivity index (χ3n) is 4.89. The molecule has 0 unspecified atom stereocenters. The molecule has 3 aromatic rings. The lowest BCUT2D eigenvalue weighted by atomic mass is 10.1. The van der Waals surface area contributed by atoms with Gasteiger partial charge in [0.05, 0.1) is 11.8 Å². The summed E-state index contributed by atoms with van der Waals surface area (Å²) < 4.78 is 48.4. The van der Waals surface area contributed by atoms with Crippen LogP contribution in [0.4, 0.5) is 18.9 Å². The van der Waals surface area contributed by atoms with Crippen molar-refractivity contribution in [1.29, 1.82) is 0 Å². The van der Waals surface area contributed by atoms with Gasteiger partial charge in [0, 0.05) is 12.3 Å². The molecule has 1 aromatic carbocycles. The minimum Gasteiger partial charge on any atom is -0.488 e. The van der Waals surface area contributed by atoms with Gasteiger partial charge in [-0.05, 0) is 50.2 Å². The third kappa shape index (κ3) is 5.17. The van der Waals surface area contributed by atoms with E-state index in [0.29, 0.717) is 11.4 Å². The van der Waals surface area contributed by atoms with Crippen molar-refractivity contribution in [3.05, 3.63) is 71.9 Å². The SMILES string of the molecule is Cl.O=C(Nc1cnccc1OC1CCNCC1)c1ccc(F)c(-c2c(F)cccc2F)n1. The molecule has 168 valence electrons. The van der Waals surface area contributed by atoms with Crippen LogP contribution in [0.2, 0.25) is 0 Å². The number of pyridine rings is 2. The molecule has 0 spiro atoms. The number of hydrogen-bond donors (Lipinski definition) is 2. The second kappa shape index (κ2) is 10.4. The Morgan fingerprint density at radius 2 is 1.75 bits per heavy atom. The van der Waals surface area contributed by atoms with Crippen molar-refractivity contribution in [2.75, 3.05) is 18.4 Å². The van der Waals surface area contributed by atoms with E-state index in [1.807, 2.05) is 0 Å². The van der Waals surface area contributed by atoms with Gasteiger partial charge in [0.15, 0.2) is 0 Å². The molecule has 1 saturated heterocycles. The van der Waals surface area contributed by atoms with Crippen molar-refractivity contribution < 1.29 is 22.7 Å². The molecule has 6 nitrogen and oxygen atoms in total. The first kappa shape index (κ1) is 23.5. The number of benzene rings is 1. The standard InChI is InChI=1S/C22H19F3N4O2.ClH/c23-14-2-1-3-15(24)20(14)21-16(25)4-5-17(28-21)22(30)29-18-12-27-11-8-19(18)31-13-6-9-26-10-7-13;/h1-5,8,11-13,26H,6-7,9-10H2,(H,29,30);1H. The van der Waals surface area contributed by atoms with Crippen molar-refractivity contribution in [3.8, 4) is 17.0 Å². The second-order valence-corrected chi connectivity index (χ2v) is 7.02. The van der Waals surface area contributed by atoms with E-state index in [-0.39, 0.29) is 24.2 Å². The normalized spacial score (nSPS) is 13.8. The van der Waals surface area contributed by atoms with Gasteiger partial charge in [-0.1, -0.05) is 6.07 Å². The van der Waals surface area contributed by atoms with Gasteiger partial charge in [0.25, 0.3) is 5.91 Å². The van der Waals surface area contributed by atoms with Gasteiger partial charge in [-0.2, -0.15) is 0 Å². The molecule has 32 heavy (non-hydrogen) atoms. The van der Waals surface area contributed by atoms with Crippen molar-refractivity contribution in [1.82, 2.24) is 15.3 Å². The molecule has 0 bridgehead atoms. The lowest BCUT2D eigenvalue weighted by Gasteiger charge is -2.24. The summed E-state index contributed by atoms with van der Waals surface area (Å²) in [7, 11) is 0. The van der Waals surface area contributed by atoms with E-state index in [2.05, 4.69) is 20.6 Å². The highest BCUT2D eigenvalue weighted by Crippen LogP contribution is 2.28. The van der Waals surface area contributed by atoms with Crippen LogP contribution in [-0.2, 0) is 0 Å². The molecule has 0 aliphatic carbocycles. The van der Waals surface area contributed by atoms with E-state index in [1.54, 1.807) is 12.3 Å². The Hall–Kier alpha value is -3.17. The van der Waals surface area contributed by atoms with Gasteiger partial charge in [0.2, 0.25) is 0 Å². The summed E-state index contributed by atoms with van der Waals surface area (Å²) in [4.78, 5) is 20.6. The van der Waals surface area contributed by atoms with Gasteiger partial charge in [-0.3, -0.25) is 9.78 Å². The summed E-state index contributed by atoms with van der Waals surface area (Å²) >= 11 is 0. The lowest BCUT2D eigenvalue weighted by Crippen LogP contribution is -2.34. The Balaban J connectivity index is 0.00000289. The van der Waals surface area contributed by atoms with Crippen LogP contribution in [0.5, 0.6) is 5.75 Å². The Labute approximate surface area is 188 Å². The molecule has 2 aromatic heterocycles. The maximum absolute atomic E-state index is 14.3. The number of nitrogens with one attached hydrogen (secondary N) is 2. The molecule has 2 N–H and O–H groups in total. The maximum Gasteiger partial charge on any atom is 0.274 e. The molecule has 1 amide bonds. The summed E-state index contributed by atoms with van der Waals surface area (Å²) in [5.74, 6) is -3.15. The first-order valence-corrected chi connectivity index (χ1v) is 9.76. The van der Waals surface area contributed by atoms with E-state index >= 15 is 0 Å². The average molecular weight is 465 g/mol. The van der Waals surface area contributed by atoms with Gasteiger partial charge in [-0.25, -0.2) is 18.2 Å². The number of carbonyl (C=O) groups is 1. The van der Waals surface area contributed by atoms with Crippen LogP contribution in [0.1, 0.15) is 23.3 Å². The van der Waals surface area contributed by atoms with Crippen LogP contribution in [-0.4, -0.2) is 35.1 Å². The Morgan fingerprint density at radius 1 is 1.03 bits per heavy atom. The molecular formula is C22H20ClF3N4O2. The molecule has 1 aliphatic rings. The fourth-order valence-electron chi connectivity index (χ4n) is 3.33. The molecule has 0 radical (unpaired) electrons. The second-order valence-electron chi connectivity index (χ2n) is 7.02. The minimum absolute atomic E-state index is 0. The highest BCUT2D eigenvalue weighted by Gasteiger charge is 2.21. The minimum atomic E-state index is -0.978. The van der Waals surface area contributed by atoms with Crippen molar-refractivity contribution >= 4 is 24.0 Å². The van der Waals surface area contributed by atoms with Crippen LogP contribution in [0.3, 0.4) is 0 Å². The number of rotatable bonds is 5. The average Bonchev–Trinajstić information content (AvgIpc) is 2.77. The summed E-state index contributed by atoms with van der Waals surface area (Å²) in [5.41, 5.74) is -1.11. The lowest BCUT2D eigenvalue weighted by molar-refractivity contribution is 0.102. The summed E-state index contributed by atoms with van der Waals surface area (Å²) in [6, 6.07) is 6.86. The zero-order valence-corrected chi connectivity index (χ0v) is 17.6. The topological polar surface area (TPSA) is 76.1 Å². The predicted octanol–water partition coefficient (Wildman–Crippen LogP) is 4.37. The van der Waals surface area contributed by atoms with E-state index in [0.717, 1.165) is 56.3 Å². The van der Waals surface area contributed by atoms with Gasteiger partial charge in [-0.15, -0.1) is 12.4 Å². The fraction of sp³-hybridized carbons (Fsp3) is 0.227. The maximum atomic E-state index is 14.3. The first-order valence-electron chi connectivity index (χ1n) is 9.76. The third-order valence-corrected chi connectivity index (χ3v) is 4.89. The number of piperidine rings is 1. The summed E-state index contributed by atoms with van der Waals surface area (Å²) in [6.45, 7) is 1.68. The highest BCUT2D eigenvalue weighted by molar-refractivity contribution is 6.03. The van der Waals surface area contributed by atoms with E-state index in [1.165, 1.54) is 6.20 Å². The first-order chi connectivity index (χ1) is 15.0. The predicted molar refractivity (Wildman–Crippen MR) is 116 cm³/mol. The van der Waals surface area contributed by atoms with Gasteiger partial charge < -0.3 is 15.4 Å². The number of aromatic nitrogens is 2. The number of nitrogens with zero attached hydrogens (tertiary/aromatic N) is 2. The largest absolute Gasteiger partial charge is 0.488 e. The number of carbonyl (C=O) groups excluding carboxylic acids is 1.